The van der Waals surface area contributed by atoms with E-state index >= 15 is 0 Å². The van der Waals surface area contributed by atoms with Gasteiger partial charge in [0.05, 0.1) is 0 Å². The van der Waals surface area contributed by atoms with Gasteiger partial charge in [0.2, 0.25) is 15.8 Å². The maximum absolute atomic E-state index is 12.5. The minimum Gasteiger partial charge on any atom is -0.453 e. The van der Waals surface area contributed by atoms with Crippen molar-refractivity contribution in [3.8, 4) is 0 Å². The summed E-state index contributed by atoms with van der Waals surface area (Å²) in [5, 5.41) is 3.58. The Bertz CT molecular complexity index is 981. The first-order valence-electron chi connectivity index (χ1n) is 9.09. The highest BCUT2D eigenvalue weighted by molar-refractivity contribution is 7.89. The first-order valence-corrected chi connectivity index (χ1v) is 10.6. The highest BCUT2D eigenvalue weighted by Crippen LogP contribution is 2.23. The van der Waals surface area contributed by atoms with Crippen LogP contribution in [0.15, 0.2) is 33.7 Å². The fourth-order valence-electron chi connectivity index (χ4n) is 2.75. The molecule has 2 aromatic rings. The number of carbonyl (C=O) groups is 2. The Balaban J connectivity index is 1.97. The van der Waals surface area contributed by atoms with Crippen molar-refractivity contribution in [1.29, 1.82) is 0 Å². The van der Waals surface area contributed by atoms with Crippen LogP contribution in [-0.2, 0) is 25.0 Å². The largest absolute Gasteiger partial charge is 0.453 e. The molecule has 0 bridgehead atoms. The van der Waals surface area contributed by atoms with Gasteiger partial charge in [0.25, 0.3) is 0 Å². The quantitative estimate of drug-likeness (QED) is 0.539. The summed E-state index contributed by atoms with van der Waals surface area (Å²) in [5.41, 5.74) is 1.63. The van der Waals surface area contributed by atoms with Crippen molar-refractivity contribution < 1.29 is 27.3 Å². The van der Waals surface area contributed by atoms with Crippen molar-refractivity contribution in [2.45, 2.75) is 58.0 Å². The number of rotatable bonds is 7. The van der Waals surface area contributed by atoms with E-state index < -0.39 is 28.6 Å². The van der Waals surface area contributed by atoms with Crippen LogP contribution in [0.3, 0.4) is 0 Å². The van der Waals surface area contributed by atoms with E-state index in [1.807, 2.05) is 12.1 Å². The van der Waals surface area contributed by atoms with Gasteiger partial charge in [-0.05, 0) is 31.7 Å². The van der Waals surface area contributed by atoms with Crippen molar-refractivity contribution in [2.24, 2.45) is 0 Å². The van der Waals surface area contributed by atoms with E-state index in [-0.39, 0.29) is 27.5 Å². The van der Waals surface area contributed by atoms with E-state index in [1.54, 1.807) is 12.1 Å². The molecule has 0 aliphatic carbocycles. The molecule has 9 heteroatoms. The lowest BCUT2D eigenvalue weighted by molar-refractivity contribution is -0.144. The molecule has 0 radical (unpaired) electrons. The van der Waals surface area contributed by atoms with E-state index in [0.29, 0.717) is 5.56 Å². The van der Waals surface area contributed by atoms with Gasteiger partial charge in [-0.2, -0.15) is 4.72 Å². The summed E-state index contributed by atoms with van der Waals surface area (Å²) in [6, 6.07) is 7.10. The molecule has 1 atom stereocenters. The zero-order chi connectivity index (χ0) is 22.0. The van der Waals surface area contributed by atoms with Gasteiger partial charge in [-0.25, -0.2) is 8.42 Å². The predicted octanol–water partition coefficient (Wildman–Crippen LogP) is 2.68. The van der Waals surface area contributed by atoms with Crippen LogP contribution in [0.2, 0.25) is 0 Å². The number of carbonyl (C=O) groups excluding carboxylic acids is 2. The fourth-order valence-corrected chi connectivity index (χ4v) is 4.04. The highest BCUT2D eigenvalue weighted by atomic mass is 32.2. The number of Topliss-reactive ketones (excluding diaryl/α,β-unsaturated/α-hetero) is 1. The average Bonchev–Trinajstić information content (AvgIpc) is 2.98. The van der Waals surface area contributed by atoms with Gasteiger partial charge in [-0.3, -0.25) is 9.59 Å². The topological polar surface area (TPSA) is 116 Å². The van der Waals surface area contributed by atoms with Crippen LogP contribution in [0.25, 0.3) is 0 Å². The number of benzene rings is 1. The third-order valence-electron chi connectivity index (χ3n) is 4.36. The van der Waals surface area contributed by atoms with Gasteiger partial charge in [-0.1, -0.05) is 50.2 Å². The van der Waals surface area contributed by atoms with Crippen LogP contribution < -0.4 is 4.72 Å². The summed E-state index contributed by atoms with van der Waals surface area (Å²) in [6.45, 7) is 9.97. The van der Waals surface area contributed by atoms with Gasteiger partial charge < -0.3 is 9.26 Å². The molecule has 0 spiro atoms. The van der Waals surface area contributed by atoms with Crippen molar-refractivity contribution >= 4 is 21.8 Å². The molecule has 1 aromatic carbocycles. The molecule has 2 rings (SSSR count). The number of ether oxygens (including phenoxy) is 1. The lowest BCUT2D eigenvalue weighted by Crippen LogP contribution is -2.34. The Labute approximate surface area is 170 Å². The monoisotopic (exact) mass is 422 g/mol. The molecule has 1 aromatic heterocycles. The van der Waals surface area contributed by atoms with Crippen molar-refractivity contribution in [3.05, 3.63) is 46.8 Å². The van der Waals surface area contributed by atoms with Crippen molar-refractivity contribution in [2.75, 3.05) is 6.54 Å². The molecule has 0 aliphatic heterocycles. The second-order valence-corrected chi connectivity index (χ2v) is 9.51. The molecule has 29 heavy (non-hydrogen) atoms. The Morgan fingerprint density at radius 2 is 1.76 bits per heavy atom. The number of aromatic nitrogens is 1. The van der Waals surface area contributed by atoms with Gasteiger partial charge >= 0.3 is 5.97 Å². The van der Waals surface area contributed by atoms with Gasteiger partial charge in [0.15, 0.2) is 11.9 Å². The van der Waals surface area contributed by atoms with Crippen LogP contribution in [0, 0.1) is 13.8 Å². The zero-order valence-corrected chi connectivity index (χ0v) is 18.2. The number of nitrogens with one attached hydrogen (secondary N) is 1. The molecule has 8 nitrogen and oxygen atoms in total. The molecule has 1 N–H and O–H groups in total. The van der Waals surface area contributed by atoms with Crippen LogP contribution in [0.4, 0.5) is 0 Å². The van der Waals surface area contributed by atoms with Crippen LogP contribution in [-0.4, -0.2) is 38.0 Å². The molecular weight excluding hydrogens is 396 g/mol. The molecule has 158 valence electrons. The number of hydrogen-bond acceptors (Lipinski definition) is 7. The lowest BCUT2D eigenvalue weighted by Gasteiger charge is -2.19. The Hall–Kier alpha value is -2.52. The minimum atomic E-state index is -3.99. The predicted molar refractivity (Wildman–Crippen MR) is 106 cm³/mol. The van der Waals surface area contributed by atoms with Crippen LogP contribution in [0.5, 0.6) is 0 Å². The first kappa shape index (κ1) is 22.8. The van der Waals surface area contributed by atoms with E-state index in [1.165, 1.54) is 20.8 Å². The first-order chi connectivity index (χ1) is 13.3. The van der Waals surface area contributed by atoms with E-state index in [2.05, 4.69) is 30.6 Å². The van der Waals surface area contributed by atoms with E-state index in [9.17, 15) is 18.0 Å². The maximum atomic E-state index is 12.5. The SMILES string of the molecule is Cc1noc(C)c1S(=O)(=O)NCC(=O)O[C@H](C)C(=O)c1ccc(C(C)(C)C)cc1. The van der Waals surface area contributed by atoms with E-state index in [4.69, 9.17) is 9.26 Å². The number of hydrogen-bond donors (Lipinski definition) is 1. The second kappa shape index (κ2) is 8.46. The molecule has 0 fully saturated rings. The standard InChI is InChI=1S/C20H26N2O6S/c1-12-19(14(3)28-22-12)29(25,26)21-11-17(23)27-13(2)18(24)15-7-9-16(10-8-15)20(4,5)6/h7-10,13,21H,11H2,1-6H3/t13-/m1/s1. The number of aryl methyl sites for hydroxylation is 2. The summed E-state index contributed by atoms with van der Waals surface area (Å²) >= 11 is 0. The summed E-state index contributed by atoms with van der Waals surface area (Å²) in [5.74, 6) is -1.12. The van der Waals surface area contributed by atoms with Crippen molar-refractivity contribution in [1.82, 2.24) is 9.88 Å². The zero-order valence-electron chi connectivity index (χ0n) is 17.4. The Kier molecular flexibility index (Phi) is 6.64. The van der Waals surface area contributed by atoms with E-state index in [0.717, 1.165) is 5.56 Å². The molecule has 0 unspecified atom stereocenters. The minimum absolute atomic E-state index is 0.0436. The smallest absolute Gasteiger partial charge is 0.321 e. The summed E-state index contributed by atoms with van der Waals surface area (Å²) in [7, 11) is -3.99. The number of sulfonamides is 1. The second-order valence-electron chi connectivity index (χ2n) is 7.80. The normalized spacial score (nSPS) is 13.2. The molecule has 0 saturated heterocycles. The molecular formula is C20H26N2O6S. The fraction of sp³-hybridized carbons (Fsp3) is 0.450. The Morgan fingerprint density at radius 3 is 2.24 bits per heavy atom. The molecule has 0 amide bonds. The number of esters is 1. The summed E-state index contributed by atoms with van der Waals surface area (Å²) < 4.78 is 36.7. The number of nitrogens with zero attached hydrogens (tertiary/aromatic N) is 1. The third-order valence-corrected chi connectivity index (χ3v) is 6.00. The lowest BCUT2D eigenvalue weighted by atomic mass is 9.86. The average molecular weight is 423 g/mol. The van der Waals surface area contributed by atoms with Crippen molar-refractivity contribution in [3.63, 3.8) is 0 Å². The molecule has 0 aliphatic rings. The molecule has 0 saturated carbocycles. The van der Waals surface area contributed by atoms with Crippen LogP contribution in [0.1, 0.15) is 55.1 Å². The highest BCUT2D eigenvalue weighted by Gasteiger charge is 2.26. The number of ketones is 1. The maximum Gasteiger partial charge on any atom is 0.321 e. The van der Waals surface area contributed by atoms with Gasteiger partial charge in [0, 0.05) is 5.56 Å². The van der Waals surface area contributed by atoms with Crippen LogP contribution >= 0.6 is 0 Å². The molecule has 1 heterocycles. The third kappa shape index (κ3) is 5.51. The summed E-state index contributed by atoms with van der Waals surface area (Å²) in [4.78, 5) is 24.4. The Morgan fingerprint density at radius 1 is 1.17 bits per heavy atom. The summed E-state index contributed by atoms with van der Waals surface area (Å²) in [6.07, 6.45) is -1.05. The van der Waals surface area contributed by atoms with Gasteiger partial charge in [-0.15, -0.1) is 0 Å². The van der Waals surface area contributed by atoms with Gasteiger partial charge in [0.1, 0.15) is 17.1 Å².